The van der Waals surface area contributed by atoms with Gasteiger partial charge < -0.3 is 10.3 Å². The summed E-state index contributed by atoms with van der Waals surface area (Å²) in [7, 11) is 0. The zero-order chi connectivity index (χ0) is 18.9. The summed E-state index contributed by atoms with van der Waals surface area (Å²) >= 11 is 0. The van der Waals surface area contributed by atoms with E-state index in [1.807, 2.05) is 29.1 Å². The molecule has 2 N–H and O–H groups in total. The molecule has 0 radical (unpaired) electrons. The number of hydrogen-bond acceptors (Lipinski definition) is 3. The number of aromatic amines is 1. The summed E-state index contributed by atoms with van der Waals surface area (Å²) in [6.07, 6.45) is 10.2. The molecule has 0 fully saturated rings. The second kappa shape index (κ2) is 6.87. The number of carbonyl (C=O) groups is 1. The molecule has 0 aliphatic heterocycles. The maximum absolute atomic E-state index is 12.4. The molecule has 1 amide bonds. The zero-order valence-electron chi connectivity index (χ0n) is 15.5. The first-order valence-corrected chi connectivity index (χ1v) is 9.11. The van der Waals surface area contributed by atoms with Crippen molar-refractivity contribution in [3.63, 3.8) is 0 Å². The van der Waals surface area contributed by atoms with Crippen molar-refractivity contribution < 1.29 is 4.79 Å². The van der Waals surface area contributed by atoms with Gasteiger partial charge in [0.25, 0.3) is 0 Å². The molecular formula is C21H23N5O. The van der Waals surface area contributed by atoms with E-state index in [2.05, 4.69) is 46.4 Å². The van der Waals surface area contributed by atoms with Crippen LogP contribution in [0.25, 0.3) is 11.8 Å². The van der Waals surface area contributed by atoms with Crippen LogP contribution in [0.1, 0.15) is 43.3 Å². The van der Waals surface area contributed by atoms with Crippen LogP contribution in [-0.4, -0.2) is 25.7 Å². The minimum atomic E-state index is -0.120. The summed E-state index contributed by atoms with van der Waals surface area (Å²) in [5, 5.41) is 7.76. The van der Waals surface area contributed by atoms with E-state index in [0.717, 1.165) is 29.8 Å². The molecule has 1 atom stereocenters. The van der Waals surface area contributed by atoms with E-state index in [9.17, 15) is 4.79 Å². The quantitative estimate of drug-likeness (QED) is 0.699. The van der Waals surface area contributed by atoms with Crippen LogP contribution in [0.2, 0.25) is 0 Å². The van der Waals surface area contributed by atoms with E-state index >= 15 is 0 Å². The molecule has 6 nitrogen and oxygen atoms in total. The number of imidazole rings is 1. The fourth-order valence-electron chi connectivity index (χ4n) is 3.71. The van der Waals surface area contributed by atoms with Crippen LogP contribution in [0.5, 0.6) is 0 Å². The minimum Gasteiger partial charge on any atom is -0.346 e. The monoisotopic (exact) mass is 361 g/mol. The largest absolute Gasteiger partial charge is 0.346 e. The number of aromatic nitrogens is 4. The van der Waals surface area contributed by atoms with E-state index in [4.69, 9.17) is 0 Å². The highest BCUT2D eigenvalue weighted by Crippen LogP contribution is 2.41. The van der Waals surface area contributed by atoms with Gasteiger partial charge in [-0.05, 0) is 36.5 Å². The lowest BCUT2D eigenvalue weighted by Gasteiger charge is -2.35. The lowest BCUT2D eigenvalue weighted by Crippen LogP contribution is -2.36. The molecule has 4 rings (SSSR count). The third-order valence-corrected chi connectivity index (χ3v) is 4.93. The van der Waals surface area contributed by atoms with Crippen LogP contribution in [0.4, 0.5) is 0 Å². The SMILES string of the molecule is CC1(C)Cc2c(cnn2-c2ccccc2)C(NC(=O)/C=C/c2cnc[nH]2)C1. The normalized spacial score (nSPS) is 18.4. The molecule has 0 saturated carbocycles. The van der Waals surface area contributed by atoms with Crippen molar-refractivity contribution in [2.24, 2.45) is 5.41 Å². The van der Waals surface area contributed by atoms with E-state index in [1.54, 1.807) is 18.6 Å². The summed E-state index contributed by atoms with van der Waals surface area (Å²) < 4.78 is 2.00. The maximum Gasteiger partial charge on any atom is 0.244 e. The summed E-state index contributed by atoms with van der Waals surface area (Å²) in [6.45, 7) is 4.47. The van der Waals surface area contributed by atoms with Crippen molar-refractivity contribution in [2.75, 3.05) is 0 Å². The van der Waals surface area contributed by atoms with Gasteiger partial charge in [-0.3, -0.25) is 4.79 Å². The van der Waals surface area contributed by atoms with Crippen molar-refractivity contribution >= 4 is 12.0 Å². The second-order valence-corrected chi connectivity index (χ2v) is 7.74. The molecule has 1 aromatic carbocycles. The van der Waals surface area contributed by atoms with E-state index in [1.165, 1.54) is 11.8 Å². The Bertz CT molecular complexity index is 954. The van der Waals surface area contributed by atoms with Gasteiger partial charge in [0.2, 0.25) is 5.91 Å². The molecule has 1 aliphatic carbocycles. The highest BCUT2D eigenvalue weighted by Gasteiger charge is 2.35. The van der Waals surface area contributed by atoms with Gasteiger partial charge in [-0.2, -0.15) is 5.10 Å². The van der Waals surface area contributed by atoms with Gasteiger partial charge in [-0.1, -0.05) is 32.0 Å². The Morgan fingerprint density at radius 3 is 2.85 bits per heavy atom. The third kappa shape index (κ3) is 3.69. The van der Waals surface area contributed by atoms with E-state index in [0.29, 0.717) is 0 Å². The number of nitrogens with zero attached hydrogens (tertiary/aromatic N) is 3. The lowest BCUT2D eigenvalue weighted by molar-refractivity contribution is -0.117. The number of amides is 1. The smallest absolute Gasteiger partial charge is 0.244 e. The molecule has 0 spiro atoms. The Kier molecular flexibility index (Phi) is 4.39. The van der Waals surface area contributed by atoms with Crippen LogP contribution >= 0.6 is 0 Å². The molecule has 2 heterocycles. The van der Waals surface area contributed by atoms with Crippen molar-refractivity contribution in [3.8, 4) is 5.69 Å². The van der Waals surface area contributed by atoms with Crippen LogP contribution < -0.4 is 5.32 Å². The molecular weight excluding hydrogens is 338 g/mol. The van der Waals surface area contributed by atoms with Gasteiger partial charge in [0.05, 0.1) is 41.8 Å². The Morgan fingerprint density at radius 1 is 1.30 bits per heavy atom. The predicted octanol–water partition coefficient (Wildman–Crippen LogP) is 3.44. The number of para-hydroxylation sites is 1. The molecule has 2 aromatic heterocycles. The van der Waals surface area contributed by atoms with Crippen molar-refractivity contribution in [3.05, 3.63) is 72.1 Å². The lowest BCUT2D eigenvalue weighted by atomic mass is 9.74. The molecule has 0 saturated heterocycles. The fraction of sp³-hybridized carbons (Fsp3) is 0.286. The van der Waals surface area contributed by atoms with Gasteiger partial charge in [0.15, 0.2) is 0 Å². The summed E-state index contributed by atoms with van der Waals surface area (Å²) in [6, 6.07) is 10.1. The average molecular weight is 361 g/mol. The highest BCUT2D eigenvalue weighted by atomic mass is 16.1. The first-order valence-electron chi connectivity index (χ1n) is 9.11. The Labute approximate surface area is 158 Å². The summed E-state index contributed by atoms with van der Waals surface area (Å²) in [5.74, 6) is -0.120. The van der Waals surface area contributed by atoms with Crippen molar-refractivity contribution in [1.82, 2.24) is 25.1 Å². The van der Waals surface area contributed by atoms with Crippen LogP contribution in [0.3, 0.4) is 0 Å². The van der Waals surface area contributed by atoms with Crippen LogP contribution in [0.15, 0.2) is 55.1 Å². The summed E-state index contributed by atoms with van der Waals surface area (Å²) in [4.78, 5) is 19.3. The Hall–Kier alpha value is -3.15. The predicted molar refractivity (Wildman–Crippen MR) is 104 cm³/mol. The first-order chi connectivity index (χ1) is 13.0. The van der Waals surface area contributed by atoms with Gasteiger partial charge in [-0.25, -0.2) is 9.67 Å². The van der Waals surface area contributed by atoms with E-state index in [-0.39, 0.29) is 17.4 Å². The van der Waals surface area contributed by atoms with Crippen LogP contribution in [-0.2, 0) is 11.2 Å². The molecule has 138 valence electrons. The fourth-order valence-corrected chi connectivity index (χ4v) is 3.71. The minimum absolute atomic E-state index is 0.0554. The average Bonchev–Trinajstić information content (AvgIpc) is 3.29. The van der Waals surface area contributed by atoms with E-state index < -0.39 is 0 Å². The molecule has 3 aromatic rings. The number of carbonyl (C=O) groups excluding carboxylic acids is 1. The van der Waals surface area contributed by atoms with Gasteiger partial charge in [0, 0.05) is 11.6 Å². The molecule has 1 aliphatic rings. The number of benzene rings is 1. The van der Waals surface area contributed by atoms with Crippen molar-refractivity contribution in [2.45, 2.75) is 32.7 Å². The van der Waals surface area contributed by atoms with Gasteiger partial charge in [-0.15, -0.1) is 0 Å². The summed E-state index contributed by atoms with van der Waals surface area (Å²) in [5.41, 5.74) is 4.18. The standard InChI is InChI=1S/C21H23N5O/c1-21(2)10-18(25-20(27)9-8-15-12-22-14-23-15)17-13-24-26(19(17)11-21)16-6-4-3-5-7-16/h3-9,12-14,18H,10-11H2,1-2H3,(H,22,23)(H,25,27)/b9-8+. The Balaban J connectivity index is 1.60. The van der Waals surface area contributed by atoms with Crippen molar-refractivity contribution in [1.29, 1.82) is 0 Å². The maximum atomic E-state index is 12.4. The number of nitrogens with one attached hydrogen (secondary N) is 2. The van der Waals surface area contributed by atoms with Crippen LogP contribution in [0, 0.1) is 5.41 Å². The zero-order valence-corrected chi connectivity index (χ0v) is 15.5. The number of fused-ring (bicyclic) bond motifs is 1. The number of rotatable bonds is 4. The third-order valence-electron chi connectivity index (χ3n) is 4.93. The van der Waals surface area contributed by atoms with Gasteiger partial charge in [0.1, 0.15) is 0 Å². The number of hydrogen-bond donors (Lipinski definition) is 2. The molecule has 1 unspecified atom stereocenters. The Morgan fingerprint density at radius 2 is 2.11 bits per heavy atom. The molecule has 27 heavy (non-hydrogen) atoms. The van der Waals surface area contributed by atoms with Gasteiger partial charge >= 0.3 is 0 Å². The molecule has 6 heteroatoms. The topological polar surface area (TPSA) is 75.6 Å². The first kappa shape index (κ1) is 17.3. The highest BCUT2D eigenvalue weighted by molar-refractivity contribution is 5.91. The number of H-pyrrole nitrogens is 1. The molecule has 0 bridgehead atoms. The second-order valence-electron chi connectivity index (χ2n) is 7.74.